The smallest absolute Gasteiger partial charge is 0.286 e. The molecule has 1 saturated heterocycles. The summed E-state index contributed by atoms with van der Waals surface area (Å²) < 4.78 is 11.0. The highest BCUT2D eigenvalue weighted by Gasteiger charge is 2.18. The average molecular weight is 459 g/mol. The monoisotopic (exact) mass is 458 g/mol. The Kier molecular flexibility index (Phi) is 6.76. The zero-order valence-corrected chi connectivity index (χ0v) is 18.0. The third-order valence-electron chi connectivity index (χ3n) is 4.53. The summed E-state index contributed by atoms with van der Waals surface area (Å²) in [5.74, 6) is 0.230. The van der Waals surface area contributed by atoms with Crippen LogP contribution in [0, 0.1) is 0 Å². The molecule has 0 aliphatic carbocycles. The lowest BCUT2D eigenvalue weighted by Crippen LogP contribution is -2.40. The minimum atomic E-state index is -0.350. The first-order valence-electron chi connectivity index (χ1n) is 9.58. The van der Waals surface area contributed by atoms with Crippen LogP contribution in [-0.4, -0.2) is 53.2 Å². The van der Waals surface area contributed by atoms with E-state index in [0.29, 0.717) is 53.3 Å². The second kappa shape index (κ2) is 9.86. The molecule has 2 heterocycles. The highest BCUT2D eigenvalue weighted by atomic mass is 35.5. The standard InChI is InChI=1S/C21H19ClN4O4S/c22-15-3-5-16(6-4-15)23-19(27)20-25-24-18(31-20)13-30-17-7-1-14(2-8-17)21(28)26-9-11-29-12-10-26/h1-8H,9-13H2,(H,23,27). The fourth-order valence-electron chi connectivity index (χ4n) is 2.91. The van der Waals surface area contributed by atoms with E-state index >= 15 is 0 Å². The lowest BCUT2D eigenvalue weighted by molar-refractivity contribution is 0.0303. The molecule has 31 heavy (non-hydrogen) atoms. The molecule has 1 aliphatic heterocycles. The molecule has 0 saturated carbocycles. The maximum Gasteiger partial charge on any atom is 0.286 e. The van der Waals surface area contributed by atoms with Gasteiger partial charge in [-0.05, 0) is 48.5 Å². The number of rotatable bonds is 6. The van der Waals surface area contributed by atoms with Crippen molar-refractivity contribution in [2.75, 3.05) is 31.6 Å². The number of hydrogen-bond donors (Lipinski definition) is 1. The van der Waals surface area contributed by atoms with E-state index in [1.807, 2.05) is 0 Å². The Morgan fingerprint density at radius 2 is 1.77 bits per heavy atom. The quantitative estimate of drug-likeness (QED) is 0.607. The molecule has 0 atom stereocenters. The number of anilines is 1. The molecule has 160 valence electrons. The van der Waals surface area contributed by atoms with Gasteiger partial charge in [-0.3, -0.25) is 9.59 Å². The fraction of sp³-hybridized carbons (Fsp3) is 0.238. The molecule has 0 bridgehead atoms. The Morgan fingerprint density at radius 1 is 1.06 bits per heavy atom. The zero-order valence-electron chi connectivity index (χ0n) is 16.4. The van der Waals surface area contributed by atoms with Crippen molar-refractivity contribution in [1.82, 2.24) is 15.1 Å². The number of morpholine rings is 1. The van der Waals surface area contributed by atoms with Gasteiger partial charge >= 0.3 is 0 Å². The van der Waals surface area contributed by atoms with Crippen molar-refractivity contribution in [3.63, 3.8) is 0 Å². The third-order valence-corrected chi connectivity index (χ3v) is 5.67. The maximum atomic E-state index is 12.5. The number of nitrogens with zero attached hydrogens (tertiary/aromatic N) is 3. The molecule has 0 spiro atoms. The van der Waals surface area contributed by atoms with Crippen molar-refractivity contribution in [3.8, 4) is 5.75 Å². The van der Waals surface area contributed by atoms with Crippen LogP contribution in [0.5, 0.6) is 5.75 Å². The molecule has 4 rings (SSSR count). The Bertz CT molecular complexity index is 1050. The number of carbonyl (C=O) groups is 2. The molecule has 8 nitrogen and oxygen atoms in total. The van der Waals surface area contributed by atoms with Crippen LogP contribution in [0.4, 0.5) is 5.69 Å². The van der Waals surface area contributed by atoms with Crippen LogP contribution in [0.2, 0.25) is 5.02 Å². The first-order valence-corrected chi connectivity index (χ1v) is 10.8. The summed E-state index contributed by atoms with van der Waals surface area (Å²) >= 11 is 6.99. The van der Waals surface area contributed by atoms with Crippen LogP contribution in [0.25, 0.3) is 0 Å². The van der Waals surface area contributed by atoms with Crippen molar-refractivity contribution in [2.24, 2.45) is 0 Å². The second-order valence-corrected chi connectivity index (χ2v) is 8.18. The van der Waals surface area contributed by atoms with Crippen molar-refractivity contribution < 1.29 is 19.1 Å². The predicted molar refractivity (Wildman–Crippen MR) is 117 cm³/mol. The van der Waals surface area contributed by atoms with Gasteiger partial charge < -0.3 is 19.7 Å². The van der Waals surface area contributed by atoms with Gasteiger partial charge in [-0.15, -0.1) is 10.2 Å². The lowest BCUT2D eigenvalue weighted by atomic mass is 10.2. The number of benzene rings is 2. The number of ether oxygens (including phenoxy) is 2. The van der Waals surface area contributed by atoms with Crippen LogP contribution in [0.15, 0.2) is 48.5 Å². The van der Waals surface area contributed by atoms with Crippen LogP contribution in [-0.2, 0) is 11.3 Å². The largest absolute Gasteiger partial charge is 0.486 e. The summed E-state index contributed by atoms with van der Waals surface area (Å²) in [6.07, 6.45) is 0. The first-order chi connectivity index (χ1) is 15.1. The highest BCUT2D eigenvalue weighted by molar-refractivity contribution is 7.13. The molecule has 2 amide bonds. The van der Waals surface area contributed by atoms with E-state index in [0.717, 1.165) is 11.3 Å². The molecule has 0 unspecified atom stereocenters. The summed E-state index contributed by atoms with van der Waals surface area (Å²) in [7, 11) is 0. The summed E-state index contributed by atoms with van der Waals surface area (Å²) in [6.45, 7) is 2.50. The minimum Gasteiger partial charge on any atom is -0.486 e. The molecule has 3 aromatic rings. The van der Waals surface area contributed by atoms with E-state index in [-0.39, 0.29) is 23.4 Å². The van der Waals surface area contributed by atoms with E-state index in [2.05, 4.69) is 15.5 Å². The van der Waals surface area contributed by atoms with E-state index < -0.39 is 0 Å². The number of aromatic nitrogens is 2. The van der Waals surface area contributed by atoms with Gasteiger partial charge in [0.25, 0.3) is 11.8 Å². The molecule has 1 aliphatic rings. The first kappa shape index (κ1) is 21.2. The Labute approximate surface area is 187 Å². The van der Waals surface area contributed by atoms with Crippen molar-refractivity contribution >= 4 is 40.4 Å². The molecule has 1 aromatic heterocycles. The zero-order chi connectivity index (χ0) is 21.6. The van der Waals surface area contributed by atoms with Gasteiger partial charge in [-0.25, -0.2) is 0 Å². The van der Waals surface area contributed by atoms with Gasteiger partial charge in [-0.2, -0.15) is 0 Å². The topological polar surface area (TPSA) is 93.7 Å². The normalized spacial score (nSPS) is 13.6. The third kappa shape index (κ3) is 5.57. The Morgan fingerprint density at radius 3 is 2.48 bits per heavy atom. The number of halogens is 1. The molecule has 10 heteroatoms. The SMILES string of the molecule is O=C(Nc1ccc(Cl)cc1)c1nnc(COc2ccc(C(=O)N3CCOCC3)cc2)s1. The maximum absolute atomic E-state index is 12.5. The summed E-state index contributed by atoms with van der Waals surface area (Å²) in [5.41, 5.74) is 1.22. The molecule has 1 N–H and O–H groups in total. The van der Waals surface area contributed by atoms with E-state index in [1.165, 1.54) is 0 Å². The molecule has 0 radical (unpaired) electrons. The van der Waals surface area contributed by atoms with E-state index in [9.17, 15) is 9.59 Å². The second-order valence-electron chi connectivity index (χ2n) is 6.68. The molecule has 1 fully saturated rings. The van der Waals surface area contributed by atoms with E-state index in [4.69, 9.17) is 21.1 Å². The molecular formula is C21H19ClN4O4S. The van der Waals surface area contributed by atoms with Gasteiger partial charge in [0.05, 0.1) is 13.2 Å². The molecule has 2 aromatic carbocycles. The Balaban J connectivity index is 1.30. The minimum absolute atomic E-state index is 0.0182. The Hall–Kier alpha value is -3.01. The highest BCUT2D eigenvalue weighted by Crippen LogP contribution is 2.19. The van der Waals surface area contributed by atoms with Crippen molar-refractivity contribution in [3.05, 3.63) is 69.1 Å². The number of carbonyl (C=O) groups excluding carboxylic acids is 2. The summed E-state index contributed by atoms with van der Waals surface area (Å²) in [4.78, 5) is 26.5. The number of amides is 2. The van der Waals surface area contributed by atoms with Crippen LogP contribution in [0.1, 0.15) is 25.2 Å². The summed E-state index contributed by atoms with van der Waals surface area (Å²) in [6, 6.07) is 13.7. The van der Waals surface area contributed by atoms with Crippen LogP contribution < -0.4 is 10.1 Å². The van der Waals surface area contributed by atoms with Gasteiger partial charge in [0.2, 0.25) is 5.01 Å². The van der Waals surface area contributed by atoms with Crippen LogP contribution in [0.3, 0.4) is 0 Å². The van der Waals surface area contributed by atoms with Crippen molar-refractivity contribution in [2.45, 2.75) is 6.61 Å². The molecular weight excluding hydrogens is 440 g/mol. The predicted octanol–water partition coefficient (Wildman–Crippen LogP) is 3.50. The lowest BCUT2D eigenvalue weighted by Gasteiger charge is -2.26. The van der Waals surface area contributed by atoms with Gasteiger partial charge in [0.15, 0.2) is 5.01 Å². The van der Waals surface area contributed by atoms with Gasteiger partial charge in [-0.1, -0.05) is 22.9 Å². The number of nitrogens with one attached hydrogen (secondary N) is 1. The van der Waals surface area contributed by atoms with Crippen LogP contribution >= 0.6 is 22.9 Å². The average Bonchev–Trinajstić information content (AvgIpc) is 3.29. The van der Waals surface area contributed by atoms with Crippen molar-refractivity contribution in [1.29, 1.82) is 0 Å². The van der Waals surface area contributed by atoms with Gasteiger partial charge in [0.1, 0.15) is 12.4 Å². The number of hydrogen-bond acceptors (Lipinski definition) is 7. The summed E-state index contributed by atoms with van der Waals surface area (Å²) in [5, 5.41) is 12.1. The van der Waals surface area contributed by atoms with Gasteiger partial charge in [0, 0.05) is 29.4 Å². The fourth-order valence-corrected chi connectivity index (χ4v) is 3.68. The van der Waals surface area contributed by atoms with E-state index in [1.54, 1.807) is 53.4 Å².